The first-order valence-electron chi connectivity index (χ1n) is 6.04. The number of benzene rings is 1. The first-order valence-corrected chi connectivity index (χ1v) is 6.04. The van der Waals surface area contributed by atoms with Gasteiger partial charge < -0.3 is 9.84 Å². The fourth-order valence-corrected chi connectivity index (χ4v) is 1.83. The third-order valence-corrected chi connectivity index (χ3v) is 2.88. The van der Waals surface area contributed by atoms with Gasteiger partial charge in [0, 0.05) is 11.6 Å². The highest BCUT2D eigenvalue weighted by Crippen LogP contribution is 2.21. The van der Waals surface area contributed by atoms with Gasteiger partial charge in [0.2, 0.25) is 0 Å². The van der Waals surface area contributed by atoms with Crippen molar-refractivity contribution >= 4 is 0 Å². The monoisotopic (exact) mass is 247 g/mol. The molecule has 5 heteroatoms. The maximum Gasteiger partial charge on any atom is 0.258 e. The summed E-state index contributed by atoms with van der Waals surface area (Å²) in [4.78, 5) is 4.26. The third-order valence-electron chi connectivity index (χ3n) is 2.88. The molecule has 0 aliphatic heterocycles. The lowest BCUT2D eigenvalue weighted by Crippen LogP contribution is -2.16. The SMILES string of the molecule is Cc1cc(F)cc(-c2nc(CNC3CC3)no2)c1. The fraction of sp³-hybridized carbons (Fsp3) is 0.385. The lowest BCUT2D eigenvalue weighted by atomic mass is 10.1. The van der Waals surface area contributed by atoms with Gasteiger partial charge in [-0.05, 0) is 43.5 Å². The van der Waals surface area contributed by atoms with Crippen LogP contribution >= 0.6 is 0 Å². The Bertz CT molecular complexity index is 543. The third kappa shape index (κ3) is 2.56. The Labute approximate surface area is 104 Å². The van der Waals surface area contributed by atoms with Gasteiger partial charge >= 0.3 is 0 Å². The van der Waals surface area contributed by atoms with Crippen LogP contribution < -0.4 is 5.32 Å². The van der Waals surface area contributed by atoms with Crippen LogP contribution in [-0.4, -0.2) is 16.2 Å². The van der Waals surface area contributed by atoms with Crippen LogP contribution in [0.25, 0.3) is 11.5 Å². The van der Waals surface area contributed by atoms with E-state index in [0.717, 1.165) is 5.56 Å². The summed E-state index contributed by atoms with van der Waals surface area (Å²) in [7, 11) is 0. The Balaban J connectivity index is 1.78. The standard InChI is InChI=1S/C13H14FN3O/c1-8-4-9(6-10(14)5-8)13-16-12(17-18-13)7-15-11-2-3-11/h4-6,11,15H,2-3,7H2,1H3. The number of aryl methyl sites for hydroxylation is 1. The molecule has 0 atom stereocenters. The molecule has 1 aromatic carbocycles. The van der Waals surface area contributed by atoms with E-state index in [1.807, 2.05) is 13.0 Å². The van der Waals surface area contributed by atoms with Gasteiger partial charge in [-0.2, -0.15) is 4.98 Å². The molecule has 3 rings (SSSR count). The Kier molecular flexibility index (Phi) is 2.83. The van der Waals surface area contributed by atoms with Crippen LogP contribution in [0.3, 0.4) is 0 Å². The zero-order valence-corrected chi connectivity index (χ0v) is 10.1. The second-order valence-corrected chi connectivity index (χ2v) is 4.69. The molecule has 0 radical (unpaired) electrons. The van der Waals surface area contributed by atoms with Gasteiger partial charge in [-0.15, -0.1) is 0 Å². The van der Waals surface area contributed by atoms with E-state index in [-0.39, 0.29) is 5.82 Å². The smallest absolute Gasteiger partial charge is 0.258 e. The molecule has 0 amide bonds. The summed E-state index contributed by atoms with van der Waals surface area (Å²) in [5.74, 6) is 0.685. The molecule has 1 aromatic heterocycles. The lowest BCUT2D eigenvalue weighted by Gasteiger charge is -1.97. The molecule has 1 fully saturated rings. The second kappa shape index (κ2) is 4.49. The number of nitrogens with zero attached hydrogens (tertiary/aromatic N) is 2. The van der Waals surface area contributed by atoms with Crippen molar-refractivity contribution in [1.29, 1.82) is 0 Å². The molecule has 18 heavy (non-hydrogen) atoms. The van der Waals surface area contributed by atoms with Gasteiger partial charge in [-0.25, -0.2) is 4.39 Å². The maximum atomic E-state index is 13.3. The number of hydrogen-bond acceptors (Lipinski definition) is 4. The van der Waals surface area contributed by atoms with E-state index >= 15 is 0 Å². The number of rotatable bonds is 4. The predicted octanol–water partition coefficient (Wildman–Crippen LogP) is 2.44. The molecule has 1 aliphatic rings. The Morgan fingerprint density at radius 1 is 1.39 bits per heavy atom. The molecule has 0 spiro atoms. The number of hydrogen-bond donors (Lipinski definition) is 1. The summed E-state index contributed by atoms with van der Waals surface area (Å²) in [5.41, 5.74) is 1.46. The Morgan fingerprint density at radius 2 is 2.22 bits per heavy atom. The molecule has 4 nitrogen and oxygen atoms in total. The molecule has 1 N–H and O–H groups in total. The number of halogens is 1. The second-order valence-electron chi connectivity index (χ2n) is 4.69. The van der Waals surface area contributed by atoms with Crippen molar-refractivity contribution in [3.8, 4) is 11.5 Å². The summed E-state index contributed by atoms with van der Waals surface area (Å²) in [6.07, 6.45) is 2.43. The van der Waals surface area contributed by atoms with Crippen LogP contribution in [0.5, 0.6) is 0 Å². The molecular weight excluding hydrogens is 233 g/mol. The van der Waals surface area contributed by atoms with Crippen molar-refractivity contribution in [2.45, 2.75) is 32.4 Å². The van der Waals surface area contributed by atoms with Crippen molar-refractivity contribution in [3.05, 3.63) is 35.4 Å². The predicted molar refractivity (Wildman–Crippen MR) is 64.3 cm³/mol. The van der Waals surface area contributed by atoms with Crippen LogP contribution in [0.4, 0.5) is 4.39 Å². The highest BCUT2D eigenvalue weighted by atomic mass is 19.1. The Hall–Kier alpha value is -1.75. The highest BCUT2D eigenvalue weighted by molar-refractivity contribution is 5.54. The van der Waals surface area contributed by atoms with Gasteiger partial charge in [-0.1, -0.05) is 5.16 Å². The average molecular weight is 247 g/mol. The van der Waals surface area contributed by atoms with E-state index in [9.17, 15) is 4.39 Å². The zero-order chi connectivity index (χ0) is 12.5. The molecule has 2 aromatic rings. The molecular formula is C13H14FN3O. The van der Waals surface area contributed by atoms with Crippen LogP contribution in [0.15, 0.2) is 22.7 Å². The van der Waals surface area contributed by atoms with E-state index in [2.05, 4.69) is 15.5 Å². The van der Waals surface area contributed by atoms with Gasteiger partial charge in [0.25, 0.3) is 5.89 Å². The van der Waals surface area contributed by atoms with E-state index in [1.165, 1.54) is 25.0 Å². The fourth-order valence-electron chi connectivity index (χ4n) is 1.83. The van der Waals surface area contributed by atoms with Gasteiger partial charge in [-0.3, -0.25) is 0 Å². The van der Waals surface area contributed by atoms with Crippen LogP contribution in [0.1, 0.15) is 24.2 Å². The van der Waals surface area contributed by atoms with E-state index in [4.69, 9.17) is 4.52 Å². The minimum absolute atomic E-state index is 0.291. The largest absolute Gasteiger partial charge is 0.334 e. The average Bonchev–Trinajstić information content (AvgIpc) is 3.02. The van der Waals surface area contributed by atoms with Crippen LogP contribution in [-0.2, 0) is 6.54 Å². The molecule has 94 valence electrons. The zero-order valence-electron chi connectivity index (χ0n) is 10.1. The van der Waals surface area contributed by atoms with Crippen molar-refractivity contribution in [2.24, 2.45) is 0 Å². The van der Waals surface area contributed by atoms with Crippen molar-refractivity contribution in [1.82, 2.24) is 15.5 Å². The van der Waals surface area contributed by atoms with Gasteiger partial charge in [0.05, 0.1) is 6.54 Å². The van der Waals surface area contributed by atoms with Crippen molar-refractivity contribution in [3.63, 3.8) is 0 Å². The maximum absolute atomic E-state index is 13.3. The quantitative estimate of drug-likeness (QED) is 0.901. The summed E-state index contributed by atoms with van der Waals surface area (Å²) < 4.78 is 18.4. The normalized spacial score (nSPS) is 15.0. The van der Waals surface area contributed by atoms with Gasteiger partial charge in [0.15, 0.2) is 5.82 Å². The van der Waals surface area contributed by atoms with E-state index in [1.54, 1.807) is 0 Å². The van der Waals surface area contributed by atoms with Crippen molar-refractivity contribution < 1.29 is 8.91 Å². The Morgan fingerprint density at radius 3 is 2.94 bits per heavy atom. The molecule has 0 saturated heterocycles. The van der Waals surface area contributed by atoms with Gasteiger partial charge in [0.1, 0.15) is 5.82 Å². The lowest BCUT2D eigenvalue weighted by molar-refractivity contribution is 0.419. The topological polar surface area (TPSA) is 51.0 Å². The summed E-state index contributed by atoms with van der Waals surface area (Å²) in [6.45, 7) is 2.43. The highest BCUT2D eigenvalue weighted by Gasteiger charge is 2.21. The van der Waals surface area contributed by atoms with Crippen LogP contribution in [0.2, 0.25) is 0 Å². The van der Waals surface area contributed by atoms with E-state index in [0.29, 0.717) is 29.9 Å². The van der Waals surface area contributed by atoms with E-state index < -0.39 is 0 Å². The van der Waals surface area contributed by atoms with Crippen molar-refractivity contribution in [2.75, 3.05) is 0 Å². The summed E-state index contributed by atoms with van der Waals surface area (Å²) in [5, 5.41) is 7.18. The molecule has 1 heterocycles. The molecule has 0 bridgehead atoms. The molecule has 0 unspecified atom stereocenters. The molecule has 1 saturated carbocycles. The summed E-state index contributed by atoms with van der Waals surface area (Å²) >= 11 is 0. The summed E-state index contributed by atoms with van der Waals surface area (Å²) in [6, 6.07) is 5.30. The first kappa shape index (κ1) is 11.3. The first-order chi connectivity index (χ1) is 8.70. The number of aromatic nitrogens is 2. The van der Waals surface area contributed by atoms with Crippen LogP contribution in [0, 0.1) is 12.7 Å². The number of nitrogens with one attached hydrogen (secondary N) is 1. The minimum atomic E-state index is -0.291. The molecule has 1 aliphatic carbocycles. The minimum Gasteiger partial charge on any atom is -0.334 e.